The van der Waals surface area contributed by atoms with Crippen molar-refractivity contribution in [1.82, 2.24) is 14.7 Å². The molecule has 0 N–H and O–H groups in total. The van der Waals surface area contributed by atoms with E-state index < -0.39 is 0 Å². The highest BCUT2D eigenvalue weighted by molar-refractivity contribution is 7.14. The number of benzene rings is 1. The summed E-state index contributed by atoms with van der Waals surface area (Å²) in [5.41, 5.74) is 0.479. The third-order valence-corrected chi connectivity index (χ3v) is 6.95. The van der Waals surface area contributed by atoms with Crippen molar-refractivity contribution >= 4 is 23.2 Å². The van der Waals surface area contributed by atoms with E-state index in [-0.39, 0.29) is 17.6 Å². The third kappa shape index (κ3) is 5.08. The van der Waals surface area contributed by atoms with Crippen molar-refractivity contribution in [3.05, 3.63) is 57.5 Å². The first kappa shape index (κ1) is 21.0. The maximum Gasteiger partial charge on any atom is 0.264 e. The van der Waals surface area contributed by atoms with Crippen LogP contribution in [-0.4, -0.2) is 65.8 Å². The van der Waals surface area contributed by atoms with Crippen molar-refractivity contribution in [1.29, 1.82) is 0 Å². The Bertz CT molecular complexity index is 867. The lowest BCUT2D eigenvalue weighted by Crippen LogP contribution is -2.50. The Morgan fingerprint density at radius 1 is 0.767 bits per heavy atom. The fourth-order valence-electron chi connectivity index (χ4n) is 4.14. The minimum absolute atomic E-state index is 0.0518. The van der Waals surface area contributed by atoms with E-state index in [1.54, 1.807) is 16.2 Å². The molecule has 2 aliphatic heterocycles. The van der Waals surface area contributed by atoms with Gasteiger partial charge >= 0.3 is 0 Å². The fourth-order valence-corrected chi connectivity index (χ4v) is 5.15. The Balaban J connectivity index is 1.30. The zero-order valence-corrected chi connectivity index (χ0v) is 18.0. The van der Waals surface area contributed by atoms with E-state index in [0.717, 1.165) is 24.5 Å². The summed E-state index contributed by atoms with van der Waals surface area (Å²) in [6.07, 6.45) is 5.16. The van der Waals surface area contributed by atoms with Gasteiger partial charge in [-0.05, 0) is 62.3 Å². The lowest BCUT2D eigenvalue weighted by atomic mass is 10.1. The largest absolute Gasteiger partial charge is 0.335 e. The van der Waals surface area contributed by atoms with Gasteiger partial charge in [0.15, 0.2) is 0 Å². The normalized spacial score (nSPS) is 18.3. The van der Waals surface area contributed by atoms with Gasteiger partial charge in [-0.1, -0.05) is 12.8 Å². The number of piperazine rings is 1. The van der Waals surface area contributed by atoms with Gasteiger partial charge in [-0.2, -0.15) is 0 Å². The van der Waals surface area contributed by atoms with E-state index in [9.17, 15) is 14.0 Å². The molecule has 3 heterocycles. The Kier molecular flexibility index (Phi) is 6.79. The summed E-state index contributed by atoms with van der Waals surface area (Å²) in [5, 5.41) is 0. The van der Waals surface area contributed by atoms with Crippen LogP contribution in [-0.2, 0) is 6.54 Å². The summed E-state index contributed by atoms with van der Waals surface area (Å²) >= 11 is 1.59. The van der Waals surface area contributed by atoms with Crippen LogP contribution in [0, 0.1) is 5.82 Å². The summed E-state index contributed by atoms with van der Waals surface area (Å²) in [6.45, 7) is 5.24. The van der Waals surface area contributed by atoms with Crippen molar-refractivity contribution in [2.45, 2.75) is 32.2 Å². The molecule has 0 unspecified atom stereocenters. The van der Waals surface area contributed by atoms with Crippen molar-refractivity contribution in [3.63, 3.8) is 0 Å². The Morgan fingerprint density at radius 2 is 1.37 bits per heavy atom. The molecule has 2 fully saturated rings. The summed E-state index contributed by atoms with van der Waals surface area (Å²) in [4.78, 5) is 33.6. The first-order valence-corrected chi connectivity index (χ1v) is 11.6. The van der Waals surface area contributed by atoms with Crippen LogP contribution in [0.2, 0.25) is 0 Å². The number of hydrogen-bond donors (Lipinski definition) is 0. The average molecular weight is 430 g/mol. The zero-order valence-electron chi connectivity index (χ0n) is 17.2. The molecular weight excluding hydrogens is 401 g/mol. The van der Waals surface area contributed by atoms with Crippen LogP contribution in [0.25, 0.3) is 0 Å². The van der Waals surface area contributed by atoms with E-state index in [1.807, 2.05) is 11.0 Å². The number of nitrogens with zero attached hydrogens (tertiary/aromatic N) is 3. The quantitative estimate of drug-likeness (QED) is 0.741. The van der Waals surface area contributed by atoms with Crippen LogP contribution in [0.15, 0.2) is 36.4 Å². The van der Waals surface area contributed by atoms with Crippen molar-refractivity contribution in [2.24, 2.45) is 0 Å². The minimum Gasteiger partial charge on any atom is -0.335 e. The Hall–Kier alpha value is -2.25. The van der Waals surface area contributed by atoms with Crippen molar-refractivity contribution in [2.75, 3.05) is 39.3 Å². The van der Waals surface area contributed by atoms with Gasteiger partial charge in [-0.25, -0.2) is 4.39 Å². The number of halogens is 1. The van der Waals surface area contributed by atoms with Gasteiger partial charge in [-0.15, -0.1) is 11.3 Å². The summed E-state index contributed by atoms with van der Waals surface area (Å²) in [5.74, 6) is -0.415. The van der Waals surface area contributed by atoms with Crippen LogP contribution >= 0.6 is 11.3 Å². The van der Waals surface area contributed by atoms with Gasteiger partial charge < -0.3 is 9.80 Å². The van der Waals surface area contributed by atoms with Crippen LogP contribution in [0.1, 0.15) is 50.6 Å². The van der Waals surface area contributed by atoms with E-state index in [1.165, 1.54) is 54.8 Å². The van der Waals surface area contributed by atoms with Gasteiger partial charge in [0.2, 0.25) is 0 Å². The molecule has 0 atom stereocenters. The fraction of sp³-hybridized carbons (Fsp3) is 0.478. The molecule has 2 aliphatic rings. The van der Waals surface area contributed by atoms with Crippen LogP contribution in [0.4, 0.5) is 4.39 Å². The van der Waals surface area contributed by atoms with Gasteiger partial charge in [-0.3, -0.25) is 14.5 Å². The second-order valence-corrected chi connectivity index (χ2v) is 9.22. The maximum atomic E-state index is 13.1. The first-order chi connectivity index (χ1) is 14.6. The van der Waals surface area contributed by atoms with Crippen LogP contribution < -0.4 is 0 Å². The number of rotatable bonds is 4. The number of carbonyl (C=O) groups excluding carboxylic acids is 2. The van der Waals surface area contributed by atoms with Crippen LogP contribution in [0.3, 0.4) is 0 Å². The summed E-state index contributed by atoms with van der Waals surface area (Å²) < 4.78 is 13.1. The predicted molar refractivity (Wildman–Crippen MR) is 116 cm³/mol. The molecular formula is C23H28FN3O2S. The molecule has 1 aromatic carbocycles. The average Bonchev–Trinajstić information content (AvgIpc) is 3.08. The number of likely N-dealkylation sites (tertiary alicyclic amines) is 1. The molecule has 7 heteroatoms. The monoisotopic (exact) mass is 429 g/mol. The topological polar surface area (TPSA) is 43.9 Å². The van der Waals surface area contributed by atoms with E-state index in [4.69, 9.17) is 0 Å². The smallest absolute Gasteiger partial charge is 0.264 e. The van der Waals surface area contributed by atoms with Crippen LogP contribution in [0.5, 0.6) is 0 Å². The predicted octanol–water partition coefficient (Wildman–Crippen LogP) is 3.86. The van der Waals surface area contributed by atoms with Crippen molar-refractivity contribution in [3.8, 4) is 0 Å². The highest BCUT2D eigenvalue weighted by Gasteiger charge is 2.26. The zero-order chi connectivity index (χ0) is 20.9. The second kappa shape index (κ2) is 9.71. The Labute approximate surface area is 181 Å². The van der Waals surface area contributed by atoms with Crippen molar-refractivity contribution < 1.29 is 14.0 Å². The van der Waals surface area contributed by atoms with Gasteiger partial charge in [0, 0.05) is 43.2 Å². The minimum atomic E-state index is -0.354. The molecule has 0 saturated carbocycles. The molecule has 4 rings (SSSR count). The molecule has 30 heavy (non-hydrogen) atoms. The molecule has 2 amide bonds. The number of carbonyl (C=O) groups is 2. The molecule has 0 spiro atoms. The molecule has 160 valence electrons. The highest BCUT2D eigenvalue weighted by atomic mass is 32.1. The molecule has 1 aromatic heterocycles. The molecule has 5 nitrogen and oxygen atoms in total. The summed E-state index contributed by atoms with van der Waals surface area (Å²) in [6, 6.07) is 9.63. The standard InChI is InChI=1S/C23H28FN3O2S/c24-19-7-5-18(6-8-19)22(28)26-13-15-27(16-14-26)23(29)21-10-9-20(30-21)17-25-11-3-1-2-4-12-25/h5-10H,1-4,11-17H2. The lowest BCUT2D eigenvalue weighted by Gasteiger charge is -2.34. The molecule has 0 bridgehead atoms. The molecule has 2 aromatic rings. The first-order valence-electron chi connectivity index (χ1n) is 10.8. The number of thiophene rings is 1. The number of hydrogen-bond acceptors (Lipinski definition) is 4. The van der Waals surface area contributed by atoms with Gasteiger partial charge in [0.25, 0.3) is 11.8 Å². The van der Waals surface area contributed by atoms with Gasteiger partial charge in [0.05, 0.1) is 4.88 Å². The Morgan fingerprint density at radius 3 is 2.00 bits per heavy atom. The third-order valence-electron chi connectivity index (χ3n) is 5.90. The SMILES string of the molecule is O=C(c1ccc(F)cc1)N1CCN(C(=O)c2ccc(CN3CCCCCC3)s2)CC1. The van der Waals surface area contributed by atoms with E-state index >= 15 is 0 Å². The number of amides is 2. The molecule has 0 radical (unpaired) electrons. The summed E-state index contributed by atoms with van der Waals surface area (Å²) in [7, 11) is 0. The molecule has 0 aliphatic carbocycles. The van der Waals surface area contributed by atoms with E-state index in [2.05, 4.69) is 11.0 Å². The maximum absolute atomic E-state index is 13.1. The second-order valence-electron chi connectivity index (χ2n) is 8.05. The molecule has 2 saturated heterocycles. The van der Waals surface area contributed by atoms with E-state index in [0.29, 0.717) is 31.7 Å². The lowest BCUT2D eigenvalue weighted by molar-refractivity contribution is 0.0538. The van der Waals surface area contributed by atoms with Gasteiger partial charge in [0.1, 0.15) is 5.82 Å². The highest BCUT2D eigenvalue weighted by Crippen LogP contribution is 2.22.